The second kappa shape index (κ2) is 9.85. The molecule has 0 radical (unpaired) electrons. The molecule has 3 unspecified atom stereocenters. The van der Waals surface area contributed by atoms with Crippen molar-refractivity contribution in [2.45, 2.75) is 68.2 Å². The van der Waals surface area contributed by atoms with Crippen LogP contribution in [0.3, 0.4) is 0 Å². The molecule has 0 rings (SSSR count). The van der Waals surface area contributed by atoms with Crippen LogP contribution in [0.1, 0.15) is 68.2 Å². The molecule has 0 saturated heterocycles. The van der Waals surface area contributed by atoms with Gasteiger partial charge >= 0.3 is 0 Å². The highest BCUT2D eigenvalue weighted by atomic mass is 14.8. The molecule has 0 saturated carbocycles. The lowest BCUT2D eigenvalue weighted by molar-refractivity contribution is 0.303. The highest BCUT2D eigenvalue weighted by molar-refractivity contribution is 5.29. The van der Waals surface area contributed by atoms with Gasteiger partial charge in [0, 0.05) is 5.70 Å². The summed E-state index contributed by atoms with van der Waals surface area (Å²) in [6, 6.07) is 0. The van der Waals surface area contributed by atoms with E-state index in [0.29, 0.717) is 11.8 Å². The van der Waals surface area contributed by atoms with Crippen LogP contribution < -0.4 is 5.32 Å². The van der Waals surface area contributed by atoms with Crippen LogP contribution >= 0.6 is 0 Å². The summed E-state index contributed by atoms with van der Waals surface area (Å²) in [5, 5.41) is 3.44. The molecule has 1 nitrogen and oxygen atoms in total. The van der Waals surface area contributed by atoms with E-state index in [1.807, 2.05) is 0 Å². The Hall–Kier alpha value is -0.980. The van der Waals surface area contributed by atoms with E-state index in [0.717, 1.165) is 12.3 Å². The quantitative estimate of drug-likeness (QED) is 0.532. The monoisotopic (exact) mass is 277 g/mol. The van der Waals surface area contributed by atoms with Gasteiger partial charge in [0.25, 0.3) is 0 Å². The molecule has 0 aromatic carbocycles. The fraction of sp³-hybridized carbons (Fsp3) is 0.684. The van der Waals surface area contributed by atoms with Gasteiger partial charge in [-0.25, -0.2) is 0 Å². The van der Waals surface area contributed by atoms with Gasteiger partial charge in [-0.05, 0) is 56.7 Å². The number of allylic oxidation sites excluding steroid dienone is 5. The van der Waals surface area contributed by atoms with Crippen molar-refractivity contribution in [3.8, 4) is 0 Å². The Balaban J connectivity index is 5.28. The van der Waals surface area contributed by atoms with E-state index < -0.39 is 0 Å². The maximum Gasteiger partial charge on any atom is 0.0150 e. The molecule has 0 aliphatic carbocycles. The summed E-state index contributed by atoms with van der Waals surface area (Å²) in [5.41, 5.74) is 4.08. The van der Waals surface area contributed by atoms with Crippen molar-refractivity contribution < 1.29 is 0 Å². The molecule has 3 atom stereocenters. The second-order valence-electron chi connectivity index (χ2n) is 6.29. The van der Waals surface area contributed by atoms with Crippen LogP contribution in [0.25, 0.3) is 0 Å². The molecule has 0 heterocycles. The lowest BCUT2D eigenvalue weighted by Crippen LogP contribution is -2.20. The summed E-state index contributed by atoms with van der Waals surface area (Å²) in [6.07, 6.45) is 8.87. The van der Waals surface area contributed by atoms with E-state index in [2.05, 4.69) is 79.1 Å². The molecule has 0 bridgehead atoms. The largest absolute Gasteiger partial charge is 0.365 e. The van der Waals surface area contributed by atoms with E-state index in [9.17, 15) is 0 Å². The molecule has 1 heteroatoms. The predicted molar refractivity (Wildman–Crippen MR) is 92.5 cm³/mol. The fourth-order valence-corrected chi connectivity index (χ4v) is 2.43. The van der Waals surface area contributed by atoms with Crippen molar-refractivity contribution >= 4 is 0 Å². The zero-order valence-corrected chi connectivity index (χ0v) is 14.9. The van der Waals surface area contributed by atoms with Gasteiger partial charge in [-0.15, -0.1) is 0 Å². The number of hydrogen-bond acceptors (Lipinski definition) is 1. The standard InChI is InChI=1S/C19H35N/c1-9-11-12-20-18(8)19(13-14(3)4)17(7)16(6)15(5)10-2/h11-13,15-17,20H,9-10H2,1-8H3/b12-11-,19-18-. The first-order chi connectivity index (χ1) is 9.34. The van der Waals surface area contributed by atoms with Gasteiger partial charge in [-0.1, -0.05) is 58.8 Å². The summed E-state index contributed by atoms with van der Waals surface area (Å²) in [5.74, 6) is 2.02. The first kappa shape index (κ1) is 19.0. The molecule has 0 spiro atoms. The Labute approximate surface area is 127 Å². The van der Waals surface area contributed by atoms with Crippen LogP contribution in [0.5, 0.6) is 0 Å². The third-order valence-electron chi connectivity index (χ3n) is 4.35. The minimum Gasteiger partial charge on any atom is -0.365 e. The molecule has 0 aromatic heterocycles. The summed E-state index contributed by atoms with van der Waals surface area (Å²) >= 11 is 0. The molecule has 0 aromatic rings. The highest BCUT2D eigenvalue weighted by Gasteiger charge is 2.21. The Kier molecular flexibility index (Phi) is 9.37. The van der Waals surface area contributed by atoms with Crippen LogP contribution in [-0.2, 0) is 0 Å². The zero-order chi connectivity index (χ0) is 15.7. The van der Waals surface area contributed by atoms with Crippen LogP contribution in [0.4, 0.5) is 0 Å². The van der Waals surface area contributed by atoms with Crippen molar-refractivity contribution in [2.75, 3.05) is 0 Å². The Bertz CT molecular complexity index is 356. The van der Waals surface area contributed by atoms with Gasteiger partial charge < -0.3 is 5.32 Å². The fourth-order valence-electron chi connectivity index (χ4n) is 2.43. The third kappa shape index (κ3) is 6.45. The van der Waals surface area contributed by atoms with Crippen molar-refractivity contribution in [2.24, 2.45) is 17.8 Å². The molecule has 0 aliphatic rings. The Morgan fingerprint density at radius 3 is 2.10 bits per heavy atom. The molecule has 0 fully saturated rings. The highest BCUT2D eigenvalue weighted by Crippen LogP contribution is 2.31. The van der Waals surface area contributed by atoms with Gasteiger partial charge in [-0.2, -0.15) is 0 Å². The predicted octanol–water partition coefficient (Wildman–Crippen LogP) is 6.06. The van der Waals surface area contributed by atoms with Crippen LogP contribution in [0, 0.1) is 17.8 Å². The number of hydrogen-bond donors (Lipinski definition) is 1. The maximum atomic E-state index is 3.44. The lowest BCUT2D eigenvalue weighted by atomic mass is 9.78. The summed E-state index contributed by atoms with van der Waals surface area (Å²) in [7, 11) is 0. The Morgan fingerprint density at radius 1 is 1.05 bits per heavy atom. The minimum atomic E-state index is 0.572. The maximum absolute atomic E-state index is 3.44. The van der Waals surface area contributed by atoms with Gasteiger partial charge in [0.1, 0.15) is 0 Å². The van der Waals surface area contributed by atoms with Gasteiger partial charge in [-0.3, -0.25) is 0 Å². The molecular weight excluding hydrogens is 242 g/mol. The average molecular weight is 277 g/mol. The van der Waals surface area contributed by atoms with Crippen molar-refractivity contribution in [1.29, 1.82) is 0 Å². The average Bonchev–Trinajstić information content (AvgIpc) is 2.42. The molecule has 0 aliphatic heterocycles. The third-order valence-corrected chi connectivity index (χ3v) is 4.35. The van der Waals surface area contributed by atoms with Gasteiger partial charge in [0.2, 0.25) is 0 Å². The van der Waals surface area contributed by atoms with E-state index in [-0.39, 0.29) is 0 Å². The topological polar surface area (TPSA) is 12.0 Å². The van der Waals surface area contributed by atoms with E-state index in [4.69, 9.17) is 0 Å². The number of rotatable bonds is 8. The first-order valence-electron chi connectivity index (χ1n) is 8.12. The normalized spacial score (nSPS) is 17.4. The van der Waals surface area contributed by atoms with Gasteiger partial charge in [0.05, 0.1) is 0 Å². The van der Waals surface area contributed by atoms with E-state index in [1.165, 1.54) is 23.3 Å². The summed E-state index contributed by atoms with van der Waals surface area (Å²) < 4.78 is 0. The molecular formula is C19H35N. The van der Waals surface area contributed by atoms with Crippen LogP contribution in [0.2, 0.25) is 0 Å². The first-order valence-corrected chi connectivity index (χ1v) is 8.12. The lowest BCUT2D eigenvalue weighted by Gasteiger charge is -2.28. The van der Waals surface area contributed by atoms with Crippen LogP contribution in [-0.4, -0.2) is 0 Å². The molecule has 20 heavy (non-hydrogen) atoms. The van der Waals surface area contributed by atoms with E-state index in [1.54, 1.807) is 0 Å². The molecule has 1 N–H and O–H groups in total. The van der Waals surface area contributed by atoms with Crippen LogP contribution in [0.15, 0.2) is 35.2 Å². The Morgan fingerprint density at radius 2 is 1.65 bits per heavy atom. The SMILES string of the molecule is CC/C=C\N/C(C)=C(/C=C(C)C)C(C)C(C)C(C)CC. The van der Waals surface area contributed by atoms with Gasteiger partial charge in [0.15, 0.2) is 0 Å². The molecule has 116 valence electrons. The summed E-state index contributed by atoms with van der Waals surface area (Å²) in [4.78, 5) is 0. The number of nitrogens with one attached hydrogen (secondary N) is 1. The van der Waals surface area contributed by atoms with Crippen molar-refractivity contribution in [3.05, 3.63) is 35.2 Å². The smallest absolute Gasteiger partial charge is 0.0150 e. The van der Waals surface area contributed by atoms with Crippen molar-refractivity contribution in [3.63, 3.8) is 0 Å². The molecule has 0 amide bonds. The minimum absolute atomic E-state index is 0.572. The second-order valence-corrected chi connectivity index (χ2v) is 6.29. The zero-order valence-electron chi connectivity index (χ0n) is 14.9. The van der Waals surface area contributed by atoms with E-state index >= 15 is 0 Å². The summed E-state index contributed by atoms with van der Waals surface area (Å²) in [6.45, 7) is 18.1. The van der Waals surface area contributed by atoms with Crippen molar-refractivity contribution in [1.82, 2.24) is 5.32 Å².